The lowest BCUT2D eigenvalue weighted by Crippen LogP contribution is -2.23. The van der Waals surface area contributed by atoms with Crippen molar-refractivity contribution in [3.8, 4) is 0 Å². The third-order valence-corrected chi connectivity index (χ3v) is 4.28. The zero-order chi connectivity index (χ0) is 14.6. The van der Waals surface area contributed by atoms with E-state index in [2.05, 4.69) is 20.0 Å². The van der Waals surface area contributed by atoms with Crippen LogP contribution in [0.25, 0.3) is 0 Å². The van der Waals surface area contributed by atoms with Crippen molar-refractivity contribution in [1.82, 2.24) is 14.7 Å². The van der Waals surface area contributed by atoms with Crippen LogP contribution in [0.3, 0.4) is 0 Å². The Hall–Kier alpha value is -1.99. The van der Waals surface area contributed by atoms with Gasteiger partial charge in [-0.15, -0.1) is 0 Å². The molecule has 7 heteroatoms. The molecule has 2 aromatic rings. The Labute approximate surface area is 118 Å². The summed E-state index contributed by atoms with van der Waals surface area (Å²) in [7, 11) is -1.84. The van der Waals surface area contributed by atoms with Crippen LogP contribution >= 0.6 is 0 Å². The SMILES string of the molecule is CNc1ccc(S(=O)(=O)NCc2ccncc2C)cn1. The Morgan fingerprint density at radius 2 is 2.00 bits per heavy atom. The Kier molecular flexibility index (Phi) is 4.31. The molecule has 6 nitrogen and oxygen atoms in total. The number of aryl methyl sites for hydroxylation is 1. The molecule has 2 N–H and O–H groups in total. The maximum atomic E-state index is 12.1. The molecule has 0 unspecified atom stereocenters. The Morgan fingerprint density at radius 1 is 1.20 bits per heavy atom. The van der Waals surface area contributed by atoms with Crippen LogP contribution in [0.4, 0.5) is 5.82 Å². The van der Waals surface area contributed by atoms with E-state index in [0.29, 0.717) is 5.82 Å². The molecule has 0 aliphatic heterocycles. The van der Waals surface area contributed by atoms with Crippen molar-refractivity contribution in [2.24, 2.45) is 0 Å². The Morgan fingerprint density at radius 3 is 2.60 bits per heavy atom. The van der Waals surface area contributed by atoms with E-state index in [4.69, 9.17) is 0 Å². The maximum Gasteiger partial charge on any atom is 0.242 e. The Balaban J connectivity index is 2.13. The quantitative estimate of drug-likeness (QED) is 0.868. The van der Waals surface area contributed by atoms with Crippen molar-refractivity contribution in [3.63, 3.8) is 0 Å². The average molecular weight is 292 g/mol. The number of rotatable bonds is 5. The first-order valence-electron chi connectivity index (χ1n) is 6.06. The number of aromatic nitrogens is 2. The molecule has 0 amide bonds. The van der Waals surface area contributed by atoms with Crippen LogP contribution in [0.15, 0.2) is 41.7 Å². The van der Waals surface area contributed by atoms with Gasteiger partial charge < -0.3 is 5.32 Å². The highest BCUT2D eigenvalue weighted by Gasteiger charge is 2.14. The molecule has 106 valence electrons. The lowest BCUT2D eigenvalue weighted by Gasteiger charge is -2.08. The third kappa shape index (κ3) is 3.31. The van der Waals surface area contributed by atoms with Crippen LogP contribution in [0.2, 0.25) is 0 Å². The number of hydrogen-bond donors (Lipinski definition) is 2. The smallest absolute Gasteiger partial charge is 0.242 e. The van der Waals surface area contributed by atoms with Gasteiger partial charge in [-0.25, -0.2) is 18.1 Å². The molecule has 0 radical (unpaired) electrons. The number of nitrogens with one attached hydrogen (secondary N) is 2. The van der Waals surface area contributed by atoms with Gasteiger partial charge in [0.1, 0.15) is 10.7 Å². The third-order valence-electron chi connectivity index (χ3n) is 2.89. The summed E-state index contributed by atoms with van der Waals surface area (Å²) in [6.45, 7) is 2.12. The van der Waals surface area contributed by atoms with E-state index in [0.717, 1.165) is 11.1 Å². The van der Waals surface area contributed by atoms with E-state index in [9.17, 15) is 8.42 Å². The molecule has 2 heterocycles. The van der Waals surface area contributed by atoms with E-state index in [1.54, 1.807) is 31.6 Å². The zero-order valence-electron chi connectivity index (χ0n) is 11.3. The number of anilines is 1. The van der Waals surface area contributed by atoms with Crippen LogP contribution in [-0.4, -0.2) is 25.4 Å². The van der Waals surface area contributed by atoms with Crippen molar-refractivity contribution in [3.05, 3.63) is 47.9 Å². The van der Waals surface area contributed by atoms with Crippen LogP contribution in [0.5, 0.6) is 0 Å². The fourth-order valence-corrected chi connectivity index (χ4v) is 2.59. The molecule has 0 aliphatic rings. The highest BCUT2D eigenvalue weighted by atomic mass is 32.2. The molecule has 2 aromatic heterocycles. The second-order valence-corrected chi connectivity index (χ2v) is 6.02. The minimum absolute atomic E-state index is 0.142. The lowest BCUT2D eigenvalue weighted by molar-refractivity contribution is 0.581. The van der Waals surface area contributed by atoms with Gasteiger partial charge in [0.05, 0.1) is 0 Å². The molecule has 2 rings (SSSR count). The predicted molar refractivity (Wildman–Crippen MR) is 76.8 cm³/mol. The van der Waals surface area contributed by atoms with Crippen molar-refractivity contribution < 1.29 is 8.42 Å². The minimum Gasteiger partial charge on any atom is -0.373 e. The molecule has 0 saturated carbocycles. The Bertz CT molecular complexity index is 684. The number of hydrogen-bond acceptors (Lipinski definition) is 5. The molecule has 0 aliphatic carbocycles. The summed E-state index contributed by atoms with van der Waals surface area (Å²) in [6, 6.07) is 4.92. The van der Waals surface area contributed by atoms with E-state index in [1.165, 1.54) is 12.3 Å². The van der Waals surface area contributed by atoms with Gasteiger partial charge >= 0.3 is 0 Å². The van der Waals surface area contributed by atoms with E-state index in [-0.39, 0.29) is 11.4 Å². The highest BCUT2D eigenvalue weighted by molar-refractivity contribution is 7.89. The summed E-state index contributed by atoms with van der Waals surface area (Å²) < 4.78 is 26.8. The van der Waals surface area contributed by atoms with E-state index >= 15 is 0 Å². The standard InChI is InChI=1S/C13H16N4O2S/c1-10-7-15-6-5-11(10)8-17-20(18,19)12-3-4-13(14-2)16-9-12/h3-7,9,17H,8H2,1-2H3,(H,14,16). The summed E-state index contributed by atoms with van der Waals surface area (Å²) in [5.41, 5.74) is 1.84. The summed E-state index contributed by atoms with van der Waals surface area (Å²) in [4.78, 5) is 8.11. The topological polar surface area (TPSA) is 84.0 Å². The zero-order valence-corrected chi connectivity index (χ0v) is 12.1. The van der Waals surface area contributed by atoms with Gasteiger partial charge in [0.15, 0.2) is 0 Å². The van der Waals surface area contributed by atoms with Gasteiger partial charge in [0.25, 0.3) is 0 Å². The molecule has 20 heavy (non-hydrogen) atoms. The van der Waals surface area contributed by atoms with Gasteiger partial charge in [0.2, 0.25) is 10.0 Å². The van der Waals surface area contributed by atoms with Crippen molar-refractivity contribution in [1.29, 1.82) is 0 Å². The minimum atomic E-state index is -3.56. The van der Waals surface area contributed by atoms with Gasteiger partial charge in [-0.3, -0.25) is 4.98 Å². The molecule has 0 atom stereocenters. The van der Waals surface area contributed by atoms with Crippen molar-refractivity contribution in [2.75, 3.05) is 12.4 Å². The van der Waals surface area contributed by atoms with E-state index in [1.807, 2.05) is 6.92 Å². The summed E-state index contributed by atoms with van der Waals surface area (Å²) in [6.07, 6.45) is 4.67. The summed E-state index contributed by atoms with van der Waals surface area (Å²) >= 11 is 0. The molecule has 0 fully saturated rings. The van der Waals surface area contributed by atoms with Gasteiger partial charge in [-0.1, -0.05) is 0 Å². The predicted octanol–water partition coefficient (Wildman–Crippen LogP) is 1.31. The second-order valence-electron chi connectivity index (χ2n) is 4.26. The maximum absolute atomic E-state index is 12.1. The molecule has 0 saturated heterocycles. The van der Waals surface area contributed by atoms with Gasteiger partial charge in [-0.2, -0.15) is 0 Å². The largest absolute Gasteiger partial charge is 0.373 e. The van der Waals surface area contributed by atoms with E-state index < -0.39 is 10.0 Å². The molecule has 0 spiro atoms. The molecular formula is C13H16N4O2S. The monoisotopic (exact) mass is 292 g/mol. The van der Waals surface area contributed by atoms with Crippen LogP contribution in [0.1, 0.15) is 11.1 Å². The van der Waals surface area contributed by atoms with Crippen molar-refractivity contribution in [2.45, 2.75) is 18.4 Å². The van der Waals surface area contributed by atoms with Gasteiger partial charge in [0, 0.05) is 32.2 Å². The fraction of sp³-hybridized carbons (Fsp3) is 0.231. The second kappa shape index (κ2) is 5.98. The summed E-state index contributed by atoms with van der Waals surface area (Å²) in [5, 5.41) is 2.84. The first-order chi connectivity index (χ1) is 9.53. The average Bonchev–Trinajstić information content (AvgIpc) is 2.46. The van der Waals surface area contributed by atoms with Crippen LogP contribution < -0.4 is 10.0 Å². The summed E-state index contributed by atoms with van der Waals surface area (Å²) in [5.74, 6) is 0.619. The number of pyridine rings is 2. The fourth-order valence-electron chi connectivity index (χ4n) is 1.64. The van der Waals surface area contributed by atoms with Crippen molar-refractivity contribution >= 4 is 15.8 Å². The highest BCUT2D eigenvalue weighted by Crippen LogP contribution is 2.11. The first-order valence-corrected chi connectivity index (χ1v) is 7.54. The molecule has 0 aromatic carbocycles. The molecular weight excluding hydrogens is 276 g/mol. The normalized spacial score (nSPS) is 11.3. The van der Waals surface area contributed by atoms with Crippen LogP contribution in [-0.2, 0) is 16.6 Å². The van der Waals surface area contributed by atoms with Crippen LogP contribution in [0, 0.1) is 6.92 Å². The lowest BCUT2D eigenvalue weighted by atomic mass is 10.2. The number of sulfonamides is 1. The first kappa shape index (κ1) is 14.4. The van der Waals surface area contributed by atoms with Gasteiger partial charge in [-0.05, 0) is 36.2 Å². The molecule has 0 bridgehead atoms. The number of nitrogens with zero attached hydrogens (tertiary/aromatic N) is 2.